The van der Waals surface area contributed by atoms with E-state index in [-0.39, 0.29) is 5.75 Å². The van der Waals surface area contributed by atoms with Crippen LogP contribution in [-0.2, 0) is 9.47 Å². The molecule has 5 atom stereocenters. The number of phenolic OH excluding ortho intramolecular Hbond substituents is 4. The summed E-state index contributed by atoms with van der Waals surface area (Å²) >= 11 is 0. The Morgan fingerprint density at radius 3 is 2.21 bits per heavy atom. The van der Waals surface area contributed by atoms with Crippen LogP contribution in [0.1, 0.15) is 26.3 Å². The second-order valence-corrected chi connectivity index (χ2v) is 7.41. The smallest absolute Gasteiger partial charge is 0.341 e. The highest BCUT2D eigenvalue weighted by molar-refractivity contribution is 6.15. The Morgan fingerprint density at radius 2 is 1.59 bits per heavy atom. The zero-order chi connectivity index (χ0) is 25.2. The first kappa shape index (κ1) is 25.0. The molecule has 1 fully saturated rings. The van der Waals surface area contributed by atoms with E-state index in [0.29, 0.717) is 11.6 Å². The van der Waals surface area contributed by atoms with E-state index in [2.05, 4.69) is 0 Å². The Bertz CT molecular complexity index is 1090. The van der Waals surface area contributed by atoms with Crippen molar-refractivity contribution >= 4 is 17.8 Å². The van der Waals surface area contributed by atoms with Gasteiger partial charge < -0.3 is 50.3 Å². The summed E-state index contributed by atoms with van der Waals surface area (Å²) in [6, 6.07) is 6.31. The second kappa shape index (κ2) is 10.1. The van der Waals surface area contributed by atoms with Crippen molar-refractivity contribution in [2.75, 3.05) is 6.61 Å². The third kappa shape index (κ3) is 4.95. The summed E-state index contributed by atoms with van der Waals surface area (Å²) in [5.41, 5.74) is -0.996. The molecule has 0 aliphatic carbocycles. The normalized spacial score (nSPS) is 24.8. The molecule has 12 heteroatoms. The summed E-state index contributed by atoms with van der Waals surface area (Å²) < 4.78 is 10.0. The molecule has 182 valence electrons. The number of esters is 1. The van der Waals surface area contributed by atoms with Crippen LogP contribution in [0.4, 0.5) is 0 Å². The van der Waals surface area contributed by atoms with Gasteiger partial charge in [-0.2, -0.15) is 0 Å². The van der Waals surface area contributed by atoms with Crippen LogP contribution in [0.5, 0.6) is 23.0 Å². The van der Waals surface area contributed by atoms with Crippen molar-refractivity contribution in [2.45, 2.75) is 30.7 Å². The standard InChI is InChI=1S/C22H22O12/c23-8-14-17(28)19(30)20(31)22(33-14)34-21(32)11-7-13(26)16(27)18(29)15(11)12(25)6-3-9-1-4-10(24)5-2-9/h1-7,14,17,19-20,22-24,26-31H,8H2/t14-,17-,19+,20-,22?/m1/s1. The van der Waals surface area contributed by atoms with Crippen molar-refractivity contribution in [3.05, 3.63) is 53.1 Å². The van der Waals surface area contributed by atoms with E-state index in [0.717, 1.165) is 6.08 Å². The average Bonchev–Trinajstić information content (AvgIpc) is 2.82. The van der Waals surface area contributed by atoms with Crippen molar-refractivity contribution in [3.8, 4) is 23.0 Å². The number of aliphatic hydroxyl groups is 4. The third-order valence-electron chi connectivity index (χ3n) is 5.11. The molecule has 0 amide bonds. The molecular weight excluding hydrogens is 456 g/mol. The number of carbonyl (C=O) groups excluding carboxylic acids is 2. The number of benzene rings is 2. The molecular formula is C22H22O12. The van der Waals surface area contributed by atoms with E-state index in [9.17, 15) is 50.4 Å². The summed E-state index contributed by atoms with van der Waals surface area (Å²) in [4.78, 5) is 25.5. The van der Waals surface area contributed by atoms with Crippen molar-refractivity contribution in [3.63, 3.8) is 0 Å². The van der Waals surface area contributed by atoms with Gasteiger partial charge in [-0.25, -0.2) is 4.79 Å². The van der Waals surface area contributed by atoms with Gasteiger partial charge in [0.1, 0.15) is 30.2 Å². The van der Waals surface area contributed by atoms with Crippen LogP contribution in [0.15, 0.2) is 36.4 Å². The number of ether oxygens (including phenoxy) is 2. The Kier molecular flexibility index (Phi) is 7.39. The maximum Gasteiger partial charge on any atom is 0.341 e. The molecule has 0 bridgehead atoms. The number of phenols is 4. The molecule has 0 aromatic heterocycles. The number of hydrogen-bond acceptors (Lipinski definition) is 12. The average molecular weight is 478 g/mol. The fourth-order valence-corrected chi connectivity index (χ4v) is 3.23. The maximum absolute atomic E-state index is 12.8. The first-order chi connectivity index (χ1) is 16.0. The minimum absolute atomic E-state index is 0.0113. The molecule has 12 nitrogen and oxygen atoms in total. The lowest BCUT2D eigenvalue weighted by molar-refractivity contribution is -0.285. The van der Waals surface area contributed by atoms with Crippen LogP contribution in [0.2, 0.25) is 0 Å². The van der Waals surface area contributed by atoms with E-state index in [4.69, 9.17) is 9.47 Å². The van der Waals surface area contributed by atoms with Gasteiger partial charge in [-0.05, 0) is 29.8 Å². The van der Waals surface area contributed by atoms with Crippen LogP contribution in [0, 0.1) is 0 Å². The number of aliphatic hydroxyl groups excluding tert-OH is 4. The van der Waals surface area contributed by atoms with Gasteiger partial charge in [0.25, 0.3) is 0 Å². The predicted molar refractivity (Wildman–Crippen MR) is 112 cm³/mol. The van der Waals surface area contributed by atoms with Crippen LogP contribution >= 0.6 is 0 Å². The second-order valence-electron chi connectivity index (χ2n) is 7.41. The minimum Gasteiger partial charge on any atom is -0.508 e. The molecule has 2 aromatic rings. The molecule has 1 aliphatic heterocycles. The van der Waals surface area contributed by atoms with Crippen molar-refractivity contribution in [1.29, 1.82) is 0 Å². The number of rotatable bonds is 6. The molecule has 3 rings (SSSR count). The number of carbonyl (C=O) groups is 2. The summed E-state index contributed by atoms with van der Waals surface area (Å²) in [7, 11) is 0. The van der Waals surface area contributed by atoms with Crippen molar-refractivity contribution in [2.24, 2.45) is 0 Å². The van der Waals surface area contributed by atoms with Crippen LogP contribution in [-0.4, -0.2) is 89.9 Å². The lowest BCUT2D eigenvalue weighted by atomic mass is 9.98. The third-order valence-corrected chi connectivity index (χ3v) is 5.11. The van der Waals surface area contributed by atoms with E-state index >= 15 is 0 Å². The molecule has 0 saturated carbocycles. The first-order valence-electron chi connectivity index (χ1n) is 9.86. The Morgan fingerprint density at radius 1 is 0.941 bits per heavy atom. The Balaban J connectivity index is 1.92. The van der Waals surface area contributed by atoms with Gasteiger partial charge in [0.15, 0.2) is 17.3 Å². The molecule has 1 heterocycles. The fourth-order valence-electron chi connectivity index (χ4n) is 3.23. The van der Waals surface area contributed by atoms with Gasteiger partial charge in [-0.3, -0.25) is 4.79 Å². The Hall–Kier alpha value is -3.68. The van der Waals surface area contributed by atoms with Crippen molar-refractivity contribution < 1.29 is 59.9 Å². The van der Waals surface area contributed by atoms with Crippen LogP contribution in [0.25, 0.3) is 6.08 Å². The SMILES string of the molecule is O=C(OC1O[C@H](CO)[C@@H](O)[C@H](O)[C@H]1O)c1cc(O)c(O)c(O)c1C(=O)C=Cc1ccc(O)cc1. The molecule has 1 unspecified atom stereocenters. The molecule has 0 spiro atoms. The number of hydrogen-bond donors (Lipinski definition) is 8. The zero-order valence-corrected chi connectivity index (χ0v) is 17.3. The Labute approximate surface area is 191 Å². The fraction of sp³-hybridized carbons (Fsp3) is 0.273. The van der Waals surface area contributed by atoms with Crippen molar-refractivity contribution in [1.82, 2.24) is 0 Å². The quantitative estimate of drug-likeness (QED) is 0.113. The summed E-state index contributed by atoms with van der Waals surface area (Å²) in [5, 5.41) is 78.2. The first-order valence-corrected chi connectivity index (χ1v) is 9.86. The largest absolute Gasteiger partial charge is 0.508 e. The van der Waals surface area contributed by atoms with Gasteiger partial charge >= 0.3 is 5.97 Å². The highest BCUT2D eigenvalue weighted by Crippen LogP contribution is 2.40. The van der Waals surface area contributed by atoms with Crippen LogP contribution < -0.4 is 0 Å². The molecule has 34 heavy (non-hydrogen) atoms. The predicted octanol–water partition coefficient (Wildman–Crippen LogP) is -0.638. The lowest BCUT2D eigenvalue weighted by Gasteiger charge is -2.39. The van der Waals surface area contributed by atoms with Gasteiger partial charge in [0.05, 0.1) is 17.7 Å². The molecule has 1 saturated heterocycles. The lowest BCUT2D eigenvalue weighted by Crippen LogP contribution is -2.59. The van der Waals surface area contributed by atoms with Gasteiger partial charge in [-0.15, -0.1) is 0 Å². The van der Waals surface area contributed by atoms with Crippen LogP contribution in [0.3, 0.4) is 0 Å². The topological polar surface area (TPSA) is 214 Å². The summed E-state index contributed by atoms with van der Waals surface area (Å²) in [6.45, 7) is -0.786. The molecule has 2 aromatic carbocycles. The molecule has 8 N–H and O–H groups in total. The van der Waals surface area contributed by atoms with Gasteiger partial charge in [0.2, 0.25) is 12.0 Å². The molecule has 0 radical (unpaired) electrons. The van der Waals surface area contributed by atoms with E-state index in [1.54, 1.807) is 0 Å². The summed E-state index contributed by atoms with van der Waals surface area (Å²) in [5.74, 6) is -5.56. The maximum atomic E-state index is 12.8. The number of ketones is 1. The van der Waals surface area contributed by atoms with E-state index in [1.165, 1.54) is 30.3 Å². The minimum atomic E-state index is -1.94. The summed E-state index contributed by atoms with van der Waals surface area (Å²) in [6.07, 6.45) is -6.53. The number of allylic oxidation sites excluding steroid dienone is 1. The monoisotopic (exact) mass is 478 g/mol. The zero-order valence-electron chi connectivity index (χ0n) is 17.3. The highest BCUT2D eigenvalue weighted by Gasteiger charge is 2.45. The van der Waals surface area contributed by atoms with Gasteiger partial charge in [0, 0.05) is 0 Å². The van der Waals surface area contributed by atoms with E-state index in [1.807, 2.05) is 0 Å². The highest BCUT2D eigenvalue weighted by atomic mass is 16.7. The number of aromatic hydroxyl groups is 4. The van der Waals surface area contributed by atoms with E-state index < -0.39 is 77.4 Å². The molecule has 1 aliphatic rings. The van der Waals surface area contributed by atoms with Gasteiger partial charge in [-0.1, -0.05) is 18.2 Å².